The van der Waals surface area contributed by atoms with E-state index in [1.165, 1.54) is 6.07 Å². The number of halogens is 1. The highest BCUT2D eigenvalue weighted by Gasteiger charge is 2.37. The fourth-order valence-electron chi connectivity index (χ4n) is 2.07. The highest BCUT2D eigenvalue weighted by atomic mass is 19.1. The lowest BCUT2D eigenvalue weighted by Crippen LogP contribution is -2.44. The molecule has 70 valence electrons. The van der Waals surface area contributed by atoms with Gasteiger partial charge in [0.05, 0.1) is 0 Å². The number of nitrogens with two attached hydrogens (primary N) is 1. The first-order valence-electron chi connectivity index (χ1n) is 4.68. The van der Waals surface area contributed by atoms with Crippen molar-refractivity contribution in [3.05, 3.63) is 35.1 Å². The molecular formula is C11H14FN. The molecule has 0 radical (unpaired) electrons. The molecule has 0 amide bonds. The Kier molecular flexibility index (Phi) is 1.88. The van der Waals surface area contributed by atoms with Gasteiger partial charge >= 0.3 is 0 Å². The summed E-state index contributed by atoms with van der Waals surface area (Å²) in [6.45, 7) is 1.92. The van der Waals surface area contributed by atoms with Gasteiger partial charge in [0, 0.05) is 11.1 Å². The van der Waals surface area contributed by atoms with Gasteiger partial charge in [0.15, 0.2) is 0 Å². The van der Waals surface area contributed by atoms with Crippen molar-refractivity contribution in [1.29, 1.82) is 0 Å². The number of hydrogen-bond acceptors (Lipinski definition) is 1. The normalized spacial score (nSPS) is 19.6. The molecule has 1 fully saturated rings. The molecule has 1 aromatic rings. The van der Waals surface area contributed by atoms with Gasteiger partial charge in [0.2, 0.25) is 0 Å². The van der Waals surface area contributed by atoms with Gasteiger partial charge in [0.25, 0.3) is 0 Å². The lowest BCUT2D eigenvalue weighted by Gasteiger charge is -2.39. The van der Waals surface area contributed by atoms with E-state index in [0.717, 1.165) is 30.4 Å². The van der Waals surface area contributed by atoms with Crippen LogP contribution in [0.3, 0.4) is 0 Å². The van der Waals surface area contributed by atoms with Crippen molar-refractivity contribution in [3.63, 3.8) is 0 Å². The average Bonchev–Trinajstić information content (AvgIpc) is 2.01. The van der Waals surface area contributed by atoms with Gasteiger partial charge in [0.1, 0.15) is 5.82 Å². The smallest absolute Gasteiger partial charge is 0.128 e. The van der Waals surface area contributed by atoms with Crippen LogP contribution in [-0.2, 0) is 5.54 Å². The van der Waals surface area contributed by atoms with Crippen LogP contribution in [0.15, 0.2) is 18.2 Å². The number of hydrogen-bond donors (Lipinski definition) is 1. The van der Waals surface area contributed by atoms with Crippen LogP contribution in [-0.4, -0.2) is 0 Å². The first kappa shape index (κ1) is 8.70. The maximum absolute atomic E-state index is 13.5. The van der Waals surface area contributed by atoms with Crippen molar-refractivity contribution in [1.82, 2.24) is 0 Å². The molecule has 2 heteroatoms. The van der Waals surface area contributed by atoms with Crippen LogP contribution in [0.2, 0.25) is 0 Å². The largest absolute Gasteiger partial charge is 0.321 e. The zero-order valence-electron chi connectivity index (χ0n) is 7.81. The topological polar surface area (TPSA) is 26.0 Å². The Balaban J connectivity index is 2.49. The second-order valence-electron chi connectivity index (χ2n) is 3.94. The molecule has 1 nitrogen and oxygen atoms in total. The Bertz CT molecular complexity index is 309. The molecule has 0 aromatic heterocycles. The zero-order chi connectivity index (χ0) is 9.47. The van der Waals surface area contributed by atoms with E-state index in [4.69, 9.17) is 5.73 Å². The number of benzene rings is 1. The van der Waals surface area contributed by atoms with Gasteiger partial charge < -0.3 is 5.73 Å². The molecule has 1 saturated carbocycles. The Morgan fingerprint density at radius 2 is 2.08 bits per heavy atom. The quantitative estimate of drug-likeness (QED) is 0.704. The standard InChI is InChI=1S/C11H14FN/c1-8-4-2-5-9(12)10(8)11(13)6-3-7-11/h2,4-5H,3,6-7,13H2,1H3. The molecule has 0 spiro atoms. The molecule has 2 rings (SSSR count). The molecule has 0 aliphatic heterocycles. The molecule has 2 N–H and O–H groups in total. The van der Waals surface area contributed by atoms with Gasteiger partial charge in [-0.15, -0.1) is 0 Å². The monoisotopic (exact) mass is 179 g/mol. The average molecular weight is 179 g/mol. The van der Waals surface area contributed by atoms with Crippen LogP contribution in [0.25, 0.3) is 0 Å². The van der Waals surface area contributed by atoms with Crippen LogP contribution < -0.4 is 5.73 Å². The van der Waals surface area contributed by atoms with Crippen molar-refractivity contribution in [2.24, 2.45) is 5.73 Å². The predicted molar refractivity (Wildman–Crippen MR) is 50.9 cm³/mol. The van der Waals surface area contributed by atoms with Crippen molar-refractivity contribution < 1.29 is 4.39 Å². The summed E-state index contributed by atoms with van der Waals surface area (Å²) in [5.74, 6) is -0.151. The van der Waals surface area contributed by atoms with E-state index in [9.17, 15) is 4.39 Å². The fourth-order valence-corrected chi connectivity index (χ4v) is 2.07. The molecule has 0 atom stereocenters. The molecular weight excluding hydrogens is 165 g/mol. The second-order valence-corrected chi connectivity index (χ2v) is 3.94. The maximum atomic E-state index is 13.5. The summed E-state index contributed by atoms with van der Waals surface area (Å²) in [5.41, 5.74) is 7.40. The fraction of sp³-hybridized carbons (Fsp3) is 0.455. The molecule has 0 bridgehead atoms. The zero-order valence-corrected chi connectivity index (χ0v) is 7.81. The molecule has 0 heterocycles. The van der Waals surface area contributed by atoms with Crippen molar-refractivity contribution in [2.75, 3.05) is 0 Å². The van der Waals surface area contributed by atoms with Gasteiger partial charge in [-0.05, 0) is 37.8 Å². The SMILES string of the molecule is Cc1cccc(F)c1C1(N)CCC1. The third kappa shape index (κ3) is 1.25. The summed E-state index contributed by atoms with van der Waals surface area (Å²) < 4.78 is 13.5. The van der Waals surface area contributed by atoms with Crippen LogP contribution in [0.5, 0.6) is 0 Å². The Morgan fingerprint density at radius 1 is 1.38 bits per heavy atom. The number of aryl methyl sites for hydroxylation is 1. The molecule has 1 aliphatic carbocycles. The Labute approximate surface area is 77.8 Å². The van der Waals surface area contributed by atoms with Crippen LogP contribution in [0, 0.1) is 12.7 Å². The Morgan fingerprint density at radius 3 is 2.54 bits per heavy atom. The number of rotatable bonds is 1. The minimum atomic E-state index is -0.380. The summed E-state index contributed by atoms with van der Waals surface area (Å²) >= 11 is 0. The van der Waals surface area contributed by atoms with E-state index in [2.05, 4.69) is 0 Å². The summed E-state index contributed by atoms with van der Waals surface area (Å²) in [7, 11) is 0. The summed E-state index contributed by atoms with van der Waals surface area (Å²) in [6.07, 6.45) is 2.94. The highest BCUT2D eigenvalue weighted by molar-refractivity contribution is 5.35. The van der Waals surface area contributed by atoms with E-state index >= 15 is 0 Å². The van der Waals surface area contributed by atoms with E-state index < -0.39 is 0 Å². The molecule has 0 unspecified atom stereocenters. The van der Waals surface area contributed by atoms with Crippen LogP contribution in [0.1, 0.15) is 30.4 Å². The van der Waals surface area contributed by atoms with Crippen molar-refractivity contribution in [2.45, 2.75) is 31.7 Å². The first-order chi connectivity index (χ1) is 6.13. The summed E-state index contributed by atoms with van der Waals surface area (Å²) in [6, 6.07) is 5.15. The maximum Gasteiger partial charge on any atom is 0.128 e. The van der Waals surface area contributed by atoms with Gasteiger partial charge in [-0.3, -0.25) is 0 Å². The molecule has 1 aliphatic rings. The van der Waals surface area contributed by atoms with Crippen LogP contribution in [0.4, 0.5) is 4.39 Å². The first-order valence-corrected chi connectivity index (χ1v) is 4.68. The van der Waals surface area contributed by atoms with E-state index in [1.807, 2.05) is 13.0 Å². The predicted octanol–water partition coefficient (Wildman–Crippen LogP) is 2.47. The van der Waals surface area contributed by atoms with E-state index in [0.29, 0.717) is 0 Å². The van der Waals surface area contributed by atoms with Gasteiger partial charge in [-0.2, -0.15) is 0 Å². The van der Waals surface area contributed by atoms with Crippen molar-refractivity contribution in [3.8, 4) is 0 Å². The lowest BCUT2D eigenvalue weighted by molar-refractivity contribution is 0.244. The van der Waals surface area contributed by atoms with Crippen LogP contribution >= 0.6 is 0 Å². The molecule has 1 aromatic carbocycles. The van der Waals surface area contributed by atoms with E-state index in [1.54, 1.807) is 6.07 Å². The minimum absolute atomic E-state index is 0.151. The summed E-state index contributed by atoms with van der Waals surface area (Å²) in [4.78, 5) is 0. The van der Waals surface area contributed by atoms with Gasteiger partial charge in [-0.1, -0.05) is 12.1 Å². The minimum Gasteiger partial charge on any atom is -0.321 e. The molecule has 13 heavy (non-hydrogen) atoms. The summed E-state index contributed by atoms with van der Waals surface area (Å²) in [5, 5.41) is 0. The third-order valence-electron chi connectivity index (χ3n) is 2.97. The molecule has 0 saturated heterocycles. The Hall–Kier alpha value is -0.890. The van der Waals surface area contributed by atoms with E-state index in [-0.39, 0.29) is 11.4 Å². The highest BCUT2D eigenvalue weighted by Crippen LogP contribution is 2.41. The second kappa shape index (κ2) is 2.81. The lowest BCUT2D eigenvalue weighted by atomic mass is 9.71. The van der Waals surface area contributed by atoms with Gasteiger partial charge in [-0.25, -0.2) is 4.39 Å². The van der Waals surface area contributed by atoms with Crippen molar-refractivity contribution >= 4 is 0 Å². The third-order valence-corrected chi connectivity index (χ3v) is 2.97.